The van der Waals surface area contributed by atoms with Crippen LogP contribution in [-0.4, -0.2) is 18.3 Å². The molecule has 0 amide bonds. The van der Waals surface area contributed by atoms with E-state index in [0.717, 1.165) is 19.3 Å². The molecule has 0 bridgehead atoms. The van der Waals surface area contributed by atoms with Gasteiger partial charge in [0.25, 0.3) is 0 Å². The van der Waals surface area contributed by atoms with E-state index in [1.54, 1.807) is 0 Å². The van der Waals surface area contributed by atoms with Crippen LogP contribution in [0.5, 0.6) is 0 Å². The maximum Gasteiger partial charge on any atom is 0.0115 e. The monoisotopic (exact) mass is 285 g/mol. The van der Waals surface area contributed by atoms with Crippen LogP contribution in [0.2, 0.25) is 0 Å². The molecule has 0 aliphatic rings. The fraction of sp³-hybridized carbons (Fsp3) is 0.333. The van der Waals surface area contributed by atoms with Crippen LogP contribution < -0.4 is 5.32 Å². The quantitative estimate of drug-likeness (QED) is 0.738. The van der Waals surface area contributed by atoms with Crippen molar-refractivity contribution in [2.24, 2.45) is 0 Å². The van der Waals surface area contributed by atoms with Crippen LogP contribution in [-0.2, 0) is 12.8 Å². The highest BCUT2D eigenvalue weighted by Gasteiger charge is 2.13. The zero-order chi connectivity index (χ0) is 14.2. The third-order valence-corrected chi connectivity index (χ3v) is 4.00. The highest BCUT2D eigenvalue weighted by molar-refractivity contribution is 7.80. The van der Waals surface area contributed by atoms with Gasteiger partial charge in [0.05, 0.1) is 0 Å². The lowest BCUT2D eigenvalue weighted by Crippen LogP contribution is -2.31. The van der Waals surface area contributed by atoms with E-state index in [1.807, 2.05) is 7.05 Å². The molecule has 2 aromatic rings. The zero-order valence-corrected chi connectivity index (χ0v) is 12.9. The Kier molecular flexibility index (Phi) is 6.16. The molecular weight excluding hydrogens is 262 g/mol. The summed E-state index contributed by atoms with van der Waals surface area (Å²) in [6.07, 6.45) is 3.16. The van der Waals surface area contributed by atoms with Gasteiger partial charge in [-0.25, -0.2) is 0 Å². The summed E-state index contributed by atoms with van der Waals surface area (Å²) in [7, 11) is 2.04. The summed E-state index contributed by atoms with van der Waals surface area (Å²) in [4.78, 5) is 0. The second-order valence-corrected chi connectivity index (χ2v) is 5.98. The lowest BCUT2D eigenvalue weighted by atomic mass is 9.99. The number of thiol groups is 1. The normalized spacial score (nSPS) is 13.9. The van der Waals surface area contributed by atoms with Crippen LogP contribution >= 0.6 is 12.6 Å². The molecule has 0 aliphatic heterocycles. The summed E-state index contributed by atoms with van der Waals surface area (Å²) >= 11 is 4.76. The molecule has 20 heavy (non-hydrogen) atoms. The second kappa shape index (κ2) is 8.13. The summed E-state index contributed by atoms with van der Waals surface area (Å²) in [5, 5.41) is 3.81. The first-order valence-electron chi connectivity index (χ1n) is 7.21. The van der Waals surface area contributed by atoms with E-state index in [4.69, 9.17) is 12.6 Å². The van der Waals surface area contributed by atoms with Gasteiger partial charge in [-0.1, -0.05) is 60.7 Å². The van der Waals surface area contributed by atoms with Crippen LogP contribution in [0.25, 0.3) is 0 Å². The predicted octanol–water partition coefficient (Wildman–Crippen LogP) is 3.75. The topological polar surface area (TPSA) is 12.0 Å². The van der Waals surface area contributed by atoms with Gasteiger partial charge in [-0.3, -0.25) is 0 Å². The fourth-order valence-corrected chi connectivity index (χ4v) is 2.97. The molecule has 0 aliphatic carbocycles. The molecule has 0 aromatic heterocycles. The Morgan fingerprint density at radius 3 is 1.85 bits per heavy atom. The van der Waals surface area contributed by atoms with Gasteiger partial charge in [-0.05, 0) is 37.4 Å². The first-order valence-corrected chi connectivity index (χ1v) is 7.72. The van der Waals surface area contributed by atoms with Gasteiger partial charge in [0, 0.05) is 11.3 Å². The molecule has 106 valence electrons. The molecule has 2 atom stereocenters. The SMILES string of the molecule is CNC(Cc1ccccc1)CC(S)Cc1ccccc1. The predicted molar refractivity (Wildman–Crippen MR) is 90.5 cm³/mol. The van der Waals surface area contributed by atoms with Crippen LogP contribution in [0.4, 0.5) is 0 Å². The maximum atomic E-state index is 4.76. The summed E-state index contributed by atoms with van der Waals surface area (Å²) < 4.78 is 0. The molecule has 2 aromatic carbocycles. The van der Waals surface area contributed by atoms with Crippen molar-refractivity contribution in [3.8, 4) is 0 Å². The van der Waals surface area contributed by atoms with E-state index in [9.17, 15) is 0 Å². The van der Waals surface area contributed by atoms with Crippen molar-refractivity contribution in [2.45, 2.75) is 30.6 Å². The van der Waals surface area contributed by atoms with Gasteiger partial charge < -0.3 is 5.32 Å². The largest absolute Gasteiger partial charge is 0.317 e. The third-order valence-electron chi connectivity index (χ3n) is 3.60. The first kappa shape index (κ1) is 15.1. The van der Waals surface area contributed by atoms with Crippen LogP contribution in [0.1, 0.15) is 17.5 Å². The smallest absolute Gasteiger partial charge is 0.0115 e. The average molecular weight is 285 g/mol. The van der Waals surface area contributed by atoms with Crippen molar-refractivity contribution in [1.29, 1.82) is 0 Å². The van der Waals surface area contributed by atoms with E-state index in [1.165, 1.54) is 11.1 Å². The highest BCUT2D eigenvalue weighted by Crippen LogP contribution is 2.15. The Labute approximate surface area is 127 Å². The summed E-state index contributed by atoms with van der Waals surface area (Å²) in [5.41, 5.74) is 2.74. The molecule has 0 spiro atoms. The van der Waals surface area contributed by atoms with Gasteiger partial charge in [-0.2, -0.15) is 12.6 Å². The molecule has 0 fully saturated rings. The van der Waals surface area contributed by atoms with Crippen LogP contribution in [0.3, 0.4) is 0 Å². The van der Waals surface area contributed by atoms with Crippen LogP contribution in [0.15, 0.2) is 60.7 Å². The van der Waals surface area contributed by atoms with Crippen molar-refractivity contribution in [2.75, 3.05) is 7.05 Å². The first-order chi connectivity index (χ1) is 9.78. The van der Waals surface area contributed by atoms with E-state index in [-0.39, 0.29) is 0 Å². The lowest BCUT2D eigenvalue weighted by molar-refractivity contribution is 0.510. The summed E-state index contributed by atoms with van der Waals surface area (Å²) in [6, 6.07) is 21.7. The van der Waals surface area contributed by atoms with Gasteiger partial charge >= 0.3 is 0 Å². The van der Waals surface area contributed by atoms with Gasteiger partial charge in [0.1, 0.15) is 0 Å². The molecule has 0 heterocycles. The molecule has 2 heteroatoms. The molecule has 2 rings (SSSR count). The van der Waals surface area contributed by atoms with Crippen molar-refractivity contribution < 1.29 is 0 Å². The second-order valence-electron chi connectivity index (χ2n) is 5.25. The minimum Gasteiger partial charge on any atom is -0.317 e. The van der Waals surface area contributed by atoms with Gasteiger partial charge in [0.2, 0.25) is 0 Å². The summed E-state index contributed by atoms with van der Waals surface area (Å²) in [5.74, 6) is 0. The molecule has 2 unspecified atom stereocenters. The number of hydrogen-bond donors (Lipinski definition) is 2. The van der Waals surface area contributed by atoms with E-state index >= 15 is 0 Å². The number of rotatable bonds is 7. The molecule has 0 saturated heterocycles. The minimum atomic E-state index is 0.388. The molecule has 1 nitrogen and oxygen atoms in total. The van der Waals surface area contributed by atoms with Crippen molar-refractivity contribution in [3.05, 3.63) is 71.8 Å². The van der Waals surface area contributed by atoms with E-state index < -0.39 is 0 Å². The number of likely N-dealkylation sites (N-methyl/N-ethyl adjacent to an activating group) is 1. The third kappa shape index (κ3) is 5.03. The number of hydrogen-bond acceptors (Lipinski definition) is 2. The maximum absolute atomic E-state index is 4.76. The molecule has 0 saturated carbocycles. The molecule has 1 N–H and O–H groups in total. The Balaban J connectivity index is 1.86. The Hall–Kier alpha value is -1.25. The van der Waals surface area contributed by atoms with Crippen molar-refractivity contribution in [3.63, 3.8) is 0 Å². The number of benzene rings is 2. The van der Waals surface area contributed by atoms with Crippen molar-refractivity contribution >= 4 is 12.6 Å². The lowest BCUT2D eigenvalue weighted by Gasteiger charge is -2.20. The number of nitrogens with one attached hydrogen (secondary N) is 1. The Morgan fingerprint density at radius 1 is 0.850 bits per heavy atom. The zero-order valence-electron chi connectivity index (χ0n) is 12.0. The standard InChI is InChI=1S/C18H23NS/c1-19-17(12-15-8-4-2-5-9-15)14-18(20)13-16-10-6-3-7-11-16/h2-11,17-20H,12-14H2,1H3. The highest BCUT2D eigenvalue weighted by atomic mass is 32.1. The molecular formula is C18H23NS. The van der Waals surface area contributed by atoms with Crippen molar-refractivity contribution in [1.82, 2.24) is 5.32 Å². The van der Waals surface area contributed by atoms with E-state index in [2.05, 4.69) is 66.0 Å². The van der Waals surface area contributed by atoms with Crippen LogP contribution in [0, 0.1) is 0 Å². The van der Waals surface area contributed by atoms with E-state index in [0.29, 0.717) is 11.3 Å². The fourth-order valence-electron chi connectivity index (χ4n) is 2.50. The van der Waals surface area contributed by atoms with Gasteiger partial charge in [0.15, 0.2) is 0 Å². The molecule has 0 radical (unpaired) electrons. The summed E-state index contributed by atoms with van der Waals surface area (Å²) in [6.45, 7) is 0. The van der Waals surface area contributed by atoms with Gasteiger partial charge in [-0.15, -0.1) is 0 Å². The minimum absolute atomic E-state index is 0.388. The Morgan fingerprint density at radius 2 is 1.35 bits per heavy atom. The average Bonchev–Trinajstić information content (AvgIpc) is 2.48. The Bertz CT molecular complexity index is 483.